The van der Waals surface area contributed by atoms with Crippen LogP contribution in [0, 0.1) is 5.92 Å². The summed E-state index contributed by atoms with van der Waals surface area (Å²) in [6.45, 7) is 5.30. The van der Waals surface area contributed by atoms with Crippen molar-refractivity contribution in [3.8, 4) is 0 Å². The summed E-state index contributed by atoms with van der Waals surface area (Å²) in [6.07, 6.45) is 3.78. The van der Waals surface area contributed by atoms with Crippen molar-refractivity contribution in [2.24, 2.45) is 5.92 Å². The van der Waals surface area contributed by atoms with E-state index in [4.69, 9.17) is 0 Å². The highest BCUT2D eigenvalue weighted by Crippen LogP contribution is 2.35. The van der Waals surface area contributed by atoms with E-state index in [2.05, 4.69) is 23.7 Å². The third kappa shape index (κ3) is 2.46. The van der Waals surface area contributed by atoms with Gasteiger partial charge in [0.05, 0.1) is 11.2 Å². The van der Waals surface area contributed by atoms with Gasteiger partial charge in [0.25, 0.3) is 0 Å². The normalized spacial score (nSPS) is 22.5. The van der Waals surface area contributed by atoms with E-state index >= 15 is 0 Å². The monoisotopic (exact) mass is 284 g/mol. The first-order valence-corrected chi connectivity index (χ1v) is 7.45. The first-order valence-electron chi connectivity index (χ1n) is 7.45. The number of pyridine rings is 1. The van der Waals surface area contributed by atoms with Gasteiger partial charge >= 0.3 is 5.97 Å². The van der Waals surface area contributed by atoms with E-state index in [1.165, 1.54) is 12.6 Å². The summed E-state index contributed by atoms with van der Waals surface area (Å²) < 4.78 is 0. The highest BCUT2D eigenvalue weighted by Gasteiger charge is 2.28. The van der Waals surface area contributed by atoms with Gasteiger partial charge < -0.3 is 10.0 Å². The molecule has 2 unspecified atom stereocenters. The van der Waals surface area contributed by atoms with Crippen molar-refractivity contribution in [3.05, 3.63) is 36.0 Å². The van der Waals surface area contributed by atoms with Crippen LogP contribution >= 0.6 is 0 Å². The third-order valence-electron chi connectivity index (χ3n) is 4.38. The summed E-state index contributed by atoms with van der Waals surface area (Å²) in [5.41, 5.74) is 1.98. The zero-order valence-corrected chi connectivity index (χ0v) is 12.4. The molecule has 2 aromatic rings. The van der Waals surface area contributed by atoms with Crippen LogP contribution in [-0.2, 0) is 0 Å². The zero-order chi connectivity index (χ0) is 15.0. The Balaban J connectivity index is 2.22. The lowest BCUT2D eigenvalue weighted by molar-refractivity contribution is 0.0697. The fraction of sp³-hybridized carbons (Fsp3) is 0.412. The van der Waals surface area contributed by atoms with E-state index in [0.717, 1.165) is 29.6 Å². The Morgan fingerprint density at radius 3 is 2.81 bits per heavy atom. The molecule has 2 atom stereocenters. The Morgan fingerprint density at radius 2 is 2.05 bits per heavy atom. The number of aromatic carboxylic acids is 1. The van der Waals surface area contributed by atoms with Crippen LogP contribution in [0.3, 0.4) is 0 Å². The SMILES string of the molecule is CC1CCC(C)N(c2c(C(=O)O)cnc3ccccc23)C1. The maximum absolute atomic E-state index is 11.6. The number of rotatable bonds is 2. The minimum absolute atomic E-state index is 0.301. The van der Waals surface area contributed by atoms with Gasteiger partial charge in [0, 0.05) is 24.2 Å². The molecule has 2 heterocycles. The standard InChI is InChI=1S/C17H20N2O2/c1-11-7-8-12(2)19(10-11)16-13-5-3-4-6-15(13)18-9-14(16)17(20)21/h3-6,9,11-12H,7-8,10H2,1-2H3,(H,20,21). The first kappa shape index (κ1) is 13.9. The lowest BCUT2D eigenvalue weighted by Gasteiger charge is -2.39. The van der Waals surface area contributed by atoms with E-state index in [9.17, 15) is 9.90 Å². The number of hydrogen-bond donors (Lipinski definition) is 1. The number of para-hydroxylation sites is 1. The van der Waals surface area contributed by atoms with Crippen molar-refractivity contribution < 1.29 is 9.90 Å². The van der Waals surface area contributed by atoms with Crippen molar-refractivity contribution in [1.29, 1.82) is 0 Å². The highest BCUT2D eigenvalue weighted by atomic mass is 16.4. The predicted molar refractivity (Wildman–Crippen MR) is 83.9 cm³/mol. The van der Waals surface area contributed by atoms with Crippen LogP contribution in [0.25, 0.3) is 10.9 Å². The van der Waals surface area contributed by atoms with Crippen LogP contribution in [0.15, 0.2) is 30.5 Å². The fourth-order valence-corrected chi connectivity index (χ4v) is 3.19. The van der Waals surface area contributed by atoms with Gasteiger partial charge in [0.1, 0.15) is 5.56 Å². The van der Waals surface area contributed by atoms with Crippen LogP contribution in [0.1, 0.15) is 37.0 Å². The summed E-state index contributed by atoms with van der Waals surface area (Å²) in [6, 6.07) is 8.13. The van der Waals surface area contributed by atoms with Gasteiger partial charge in [0.2, 0.25) is 0 Å². The number of nitrogens with zero attached hydrogens (tertiary/aromatic N) is 2. The first-order chi connectivity index (χ1) is 10.1. The second-order valence-corrected chi connectivity index (χ2v) is 6.03. The number of carbonyl (C=O) groups is 1. The van der Waals surface area contributed by atoms with Gasteiger partial charge in [-0.1, -0.05) is 25.1 Å². The summed E-state index contributed by atoms with van der Waals surface area (Å²) in [4.78, 5) is 18.2. The number of aromatic nitrogens is 1. The topological polar surface area (TPSA) is 53.4 Å². The number of carboxylic acid groups (broad SMARTS) is 1. The number of hydrogen-bond acceptors (Lipinski definition) is 3. The van der Waals surface area contributed by atoms with E-state index in [-0.39, 0.29) is 0 Å². The van der Waals surface area contributed by atoms with Gasteiger partial charge in [-0.25, -0.2) is 4.79 Å². The Bertz CT molecular complexity index is 684. The smallest absolute Gasteiger partial charge is 0.339 e. The van der Waals surface area contributed by atoms with Gasteiger partial charge in [-0.2, -0.15) is 0 Å². The lowest BCUT2D eigenvalue weighted by atomic mass is 9.93. The van der Waals surface area contributed by atoms with Crippen LogP contribution in [0.2, 0.25) is 0 Å². The largest absolute Gasteiger partial charge is 0.478 e. The van der Waals surface area contributed by atoms with E-state index in [1.807, 2.05) is 24.3 Å². The van der Waals surface area contributed by atoms with Gasteiger partial charge in [-0.05, 0) is 31.7 Å². The number of carboxylic acids is 1. The number of anilines is 1. The molecular formula is C17H20N2O2. The molecule has 1 aromatic carbocycles. The van der Waals surface area contributed by atoms with Crippen molar-refractivity contribution in [2.75, 3.05) is 11.4 Å². The molecule has 21 heavy (non-hydrogen) atoms. The Hall–Kier alpha value is -2.10. The maximum Gasteiger partial charge on any atom is 0.339 e. The fourth-order valence-electron chi connectivity index (χ4n) is 3.19. The maximum atomic E-state index is 11.6. The summed E-state index contributed by atoms with van der Waals surface area (Å²) in [5.74, 6) is -0.330. The Labute approximate surface area is 124 Å². The predicted octanol–water partition coefficient (Wildman–Crippen LogP) is 3.56. The molecule has 0 radical (unpaired) electrons. The van der Waals surface area contributed by atoms with Gasteiger partial charge in [-0.3, -0.25) is 4.98 Å². The molecule has 1 aliphatic heterocycles. The summed E-state index contributed by atoms with van der Waals surface area (Å²) >= 11 is 0. The van der Waals surface area contributed by atoms with E-state index in [1.54, 1.807) is 0 Å². The summed E-state index contributed by atoms with van der Waals surface area (Å²) in [7, 11) is 0. The van der Waals surface area contributed by atoms with E-state index in [0.29, 0.717) is 17.5 Å². The van der Waals surface area contributed by atoms with Crippen molar-refractivity contribution in [3.63, 3.8) is 0 Å². The Kier molecular flexibility index (Phi) is 3.53. The van der Waals surface area contributed by atoms with Gasteiger partial charge in [0.15, 0.2) is 0 Å². The van der Waals surface area contributed by atoms with Crippen LogP contribution in [-0.4, -0.2) is 28.6 Å². The van der Waals surface area contributed by atoms with Crippen molar-refractivity contribution in [2.45, 2.75) is 32.7 Å². The molecule has 0 saturated carbocycles. The molecular weight excluding hydrogens is 264 g/mol. The second kappa shape index (κ2) is 5.35. The van der Waals surface area contributed by atoms with Gasteiger partial charge in [-0.15, -0.1) is 0 Å². The van der Waals surface area contributed by atoms with Crippen molar-refractivity contribution >= 4 is 22.6 Å². The average molecular weight is 284 g/mol. The number of benzene rings is 1. The molecule has 0 bridgehead atoms. The zero-order valence-electron chi connectivity index (χ0n) is 12.4. The minimum Gasteiger partial charge on any atom is -0.478 e. The molecule has 1 aliphatic rings. The molecule has 1 N–H and O–H groups in total. The average Bonchev–Trinajstić information content (AvgIpc) is 2.48. The Morgan fingerprint density at radius 1 is 1.29 bits per heavy atom. The molecule has 0 amide bonds. The second-order valence-electron chi connectivity index (χ2n) is 6.03. The van der Waals surface area contributed by atoms with E-state index < -0.39 is 5.97 Å². The molecule has 1 aromatic heterocycles. The van der Waals surface area contributed by atoms with Crippen molar-refractivity contribution in [1.82, 2.24) is 4.98 Å². The lowest BCUT2D eigenvalue weighted by Crippen LogP contribution is -2.42. The molecule has 0 aliphatic carbocycles. The molecule has 4 nitrogen and oxygen atoms in total. The third-order valence-corrected chi connectivity index (χ3v) is 4.38. The van der Waals surface area contributed by atoms with Crippen LogP contribution in [0.4, 0.5) is 5.69 Å². The number of fused-ring (bicyclic) bond motifs is 1. The quantitative estimate of drug-likeness (QED) is 0.916. The summed E-state index contributed by atoms with van der Waals surface area (Å²) in [5, 5.41) is 10.5. The van der Waals surface area contributed by atoms with Crippen LogP contribution in [0.5, 0.6) is 0 Å². The number of piperidine rings is 1. The minimum atomic E-state index is -0.909. The highest BCUT2D eigenvalue weighted by molar-refractivity contribution is 6.04. The molecule has 1 fully saturated rings. The molecule has 0 spiro atoms. The molecule has 110 valence electrons. The molecule has 4 heteroatoms. The molecule has 3 rings (SSSR count). The molecule has 1 saturated heterocycles. The van der Waals surface area contributed by atoms with Crippen LogP contribution < -0.4 is 4.90 Å².